The van der Waals surface area contributed by atoms with E-state index in [1.54, 1.807) is 0 Å². The van der Waals surface area contributed by atoms with Crippen LogP contribution in [0.1, 0.15) is 28.8 Å². The zero-order valence-electron chi connectivity index (χ0n) is 17.6. The molecule has 0 atom stereocenters. The van der Waals surface area contributed by atoms with Gasteiger partial charge in [0.1, 0.15) is 11.5 Å². The summed E-state index contributed by atoms with van der Waals surface area (Å²) in [4.78, 5) is 27.4. The highest BCUT2D eigenvalue weighted by atomic mass is 16.5. The molecule has 1 saturated heterocycles. The molecular weight excluding hydrogens is 388 g/mol. The second-order valence-corrected chi connectivity index (χ2v) is 7.81. The topological polar surface area (TPSA) is 58.6 Å². The van der Waals surface area contributed by atoms with E-state index in [0.717, 1.165) is 16.9 Å². The van der Waals surface area contributed by atoms with Crippen molar-refractivity contribution in [3.8, 4) is 11.5 Å². The number of nitrogens with one attached hydrogen (secondary N) is 1. The molecule has 0 unspecified atom stereocenters. The van der Waals surface area contributed by atoms with Gasteiger partial charge in [0.2, 0.25) is 5.91 Å². The van der Waals surface area contributed by atoms with Crippen LogP contribution in [-0.4, -0.2) is 29.8 Å². The molecule has 3 aromatic rings. The molecule has 0 radical (unpaired) electrons. The minimum absolute atomic E-state index is 0.0140. The van der Waals surface area contributed by atoms with Crippen LogP contribution in [0.4, 0.5) is 5.69 Å². The average molecular weight is 415 g/mol. The standard InChI is InChI=1S/C26H26N2O3/c1-19-8-5-6-13-24(19)26(30)28-16-14-20(15-17-28)25(29)27-21-9-7-12-23(18-21)31-22-10-3-2-4-11-22/h2-13,18,20H,14-17H2,1H3,(H,27,29). The Morgan fingerprint density at radius 2 is 1.55 bits per heavy atom. The number of hydrogen-bond acceptors (Lipinski definition) is 3. The zero-order chi connectivity index (χ0) is 21.6. The Labute approximate surface area is 182 Å². The predicted octanol–water partition coefficient (Wildman–Crippen LogP) is 5.28. The van der Waals surface area contributed by atoms with Gasteiger partial charge in [-0.25, -0.2) is 0 Å². The molecular formula is C26H26N2O3. The molecule has 2 amide bonds. The average Bonchev–Trinajstić information content (AvgIpc) is 2.80. The number of anilines is 1. The smallest absolute Gasteiger partial charge is 0.254 e. The zero-order valence-corrected chi connectivity index (χ0v) is 17.6. The Morgan fingerprint density at radius 3 is 2.29 bits per heavy atom. The van der Waals surface area contributed by atoms with Crippen LogP contribution in [0.5, 0.6) is 11.5 Å². The number of likely N-dealkylation sites (tertiary alicyclic amines) is 1. The van der Waals surface area contributed by atoms with E-state index in [4.69, 9.17) is 4.74 Å². The minimum atomic E-state index is -0.111. The van der Waals surface area contributed by atoms with Crippen molar-refractivity contribution in [3.63, 3.8) is 0 Å². The monoisotopic (exact) mass is 414 g/mol. The van der Waals surface area contributed by atoms with Gasteiger partial charge in [-0.05, 0) is 55.7 Å². The third-order valence-electron chi connectivity index (χ3n) is 5.61. The third kappa shape index (κ3) is 5.12. The lowest BCUT2D eigenvalue weighted by Gasteiger charge is -2.31. The number of ether oxygens (including phenoxy) is 1. The van der Waals surface area contributed by atoms with Crippen LogP contribution in [0, 0.1) is 12.8 Å². The van der Waals surface area contributed by atoms with E-state index >= 15 is 0 Å². The van der Waals surface area contributed by atoms with Gasteiger partial charge in [0.25, 0.3) is 5.91 Å². The van der Waals surface area contributed by atoms with Crippen molar-refractivity contribution in [2.45, 2.75) is 19.8 Å². The summed E-state index contributed by atoms with van der Waals surface area (Å²) in [5.41, 5.74) is 2.42. The van der Waals surface area contributed by atoms with E-state index in [1.807, 2.05) is 90.7 Å². The molecule has 0 spiro atoms. The number of aryl methyl sites for hydroxylation is 1. The molecule has 1 aliphatic rings. The van der Waals surface area contributed by atoms with Crippen molar-refractivity contribution in [1.29, 1.82) is 0 Å². The van der Waals surface area contributed by atoms with Gasteiger partial charge in [-0.3, -0.25) is 9.59 Å². The second-order valence-electron chi connectivity index (χ2n) is 7.81. The van der Waals surface area contributed by atoms with Gasteiger partial charge in [0.05, 0.1) is 0 Å². The quantitative estimate of drug-likeness (QED) is 0.618. The van der Waals surface area contributed by atoms with E-state index in [2.05, 4.69) is 5.32 Å². The number of carbonyl (C=O) groups excluding carboxylic acids is 2. The molecule has 0 bridgehead atoms. The highest BCUT2D eigenvalue weighted by Crippen LogP contribution is 2.26. The van der Waals surface area contributed by atoms with E-state index in [9.17, 15) is 9.59 Å². The normalized spacial score (nSPS) is 14.2. The molecule has 158 valence electrons. The van der Waals surface area contributed by atoms with Crippen molar-refractivity contribution >= 4 is 17.5 Å². The summed E-state index contributed by atoms with van der Waals surface area (Å²) in [6.45, 7) is 3.12. The Balaban J connectivity index is 1.33. The molecule has 5 heteroatoms. The fourth-order valence-corrected chi connectivity index (χ4v) is 3.83. The number of carbonyl (C=O) groups is 2. The summed E-state index contributed by atoms with van der Waals surface area (Å²) in [5, 5.41) is 3.00. The fourth-order valence-electron chi connectivity index (χ4n) is 3.83. The summed E-state index contributed by atoms with van der Waals surface area (Å²) in [6, 6.07) is 24.6. The van der Waals surface area contributed by atoms with Gasteiger partial charge in [-0.2, -0.15) is 0 Å². The van der Waals surface area contributed by atoms with Crippen molar-refractivity contribution in [2.75, 3.05) is 18.4 Å². The molecule has 0 aliphatic carbocycles. The molecule has 3 aromatic carbocycles. The maximum atomic E-state index is 12.8. The molecule has 0 saturated carbocycles. The van der Waals surface area contributed by atoms with Gasteiger partial charge >= 0.3 is 0 Å². The van der Waals surface area contributed by atoms with Crippen LogP contribution in [0.15, 0.2) is 78.9 Å². The highest BCUT2D eigenvalue weighted by molar-refractivity contribution is 5.96. The van der Waals surface area contributed by atoms with E-state index in [0.29, 0.717) is 37.4 Å². The van der Waals surface area contributed by atoms with E-state index in [-0.39, 0.29) is 17.7 Å². The maximum Gasteiger partial charge on any atom is 0.254 e. The summed E-state index contributed by atoms with van der Waals surface area (Å²) in [7, 11) is 0. The van der Waals surface area contributed by atoms with Crippen molar-refractivity contribution in [3.05, 3.63) is 90.0 Å². The second kappa shape index (κ2) is 9.47. The lowest BCUT2D eigenvalue weighted by Crippen LogP contribution is -2.41. The Morgan fingerprint density at radius 1 is 0.871 bits per heavy atom. The summed E-state index contributed by atoms with van der Waals surface area (Å²) >= 11 is 0. The van der Waals surface area contributed by atoms with Gasteiger partial charge in [-0.15, -0.1) is 0 Å². The lowest BCUT2D eigenvalue weighted by atomic mass is 9.95. The number of para-hydroxylation sites is 1. The third-order valence-corrected chi connectivity index (χ3v) is 5.61. The number of nitrogens with zero attached hydrogens (tertiary/aromatic N) is 1. The molecule has 1 N–H and O–H groups in total. The Hall–Kier alpha value is -3.60. The molecule has 5 nitrogen and oxygen atoms in total. The first kappa shape index (κ1) is 20.7. The van der Waals surface area contributed by atoms with Crippen LogP contribution in [0.3, 0.4) is 0 Å². The first-order chi connectivity index (χ1) is 15.1. The van der Waals surface area contributed by atoms with Gasteiger partial charge < -0.3 is 15.0 Å². The first-order valence-electron chi connectivity index (χ1n) is 10.6. The van der Waals surface area contributed by atoms with Gasteiger partial charge in [-0.1, -0.05) is 42.5 Å². The number of benzene rings is 3. The fraction of sp³-hybridized carbons (Fsp3) is 0.231. The van der Waals surface area contributed by atoms with Gasteiger partial charge in [0, 0.05) is 36.3 Å². The summed E-state index contributed by atoms with van der Waals surface area (Å²) < 4.78 is 5.84. The van der Waals surface area contributed by atoms with Crippen molar-refractivity contribution in [2.24, 2.45) is 5.92 Å². The summed E-state index contributed by atoms with van der Waals surface area (Å²) in [6.07, 6.45) is 1.31. The SMILES string of the molecule is Cc1ccccc1C(=O)N1CCC(C(=O)Nc2cccc(Oc3ccccc3)c2)CC1. The molecule has 1 heterocycles. The molecule has 0 aromatic heterocycles. The van der Waals surface area contributed by atoms with Crippen LogP contribution < -0.4 is 10.1 Å². The van der Waals surface area contributed by atoms with Crippen LogP contribution in [-0.2, 0) is 4.79 Å². The van der Waals surface area contributed by atoms with Gasteiger partial charge in [0.15, 0.2) is 0 Å². The van der Waals surface area contributed by atoms with E-state index in [1.165, 1.54) is 0 Å². The molecule has 4 rings (SSSR count). The highest BCUT2D eigenvalue weighted by Gasteiger charge is 2.28. The van der Waals surface area contributed by atoms with Crippen LogP contribution in [0.2, 0.25) is 0 Å². The minimum Gasteiger partial charge on any atom is -0.457 e. The number of rotatable bonds is 5. The predicted molar refractivity (Wildman–Crippen MR) is 121 cm³/mol. The molecule has 31 heavy (non-hydrogen) atoms. The largest absolute Gasteiger partial charge is 0.457 e. The number of hydrogen-bond donors (Lipinski definition) is 1. The first-order valence-corrected chi connectivity index (χ1v) is 10.6. The number of piperidine rings is 1. The maximum absolute atomic E-state index is 12.8. The summed E-state index contributed by atoms with van der Waals surface area (Å²) in [5.74, 6) is 1.33. The molecule has 1 aliphatic heterocycles. The van der Waals surface area contributed by atoms with Crippen LogP contribution in [0.25, 0.3) is 0 Å². The van der Waals surface area contributed by atoms with E-state index < -0.39 is 0 Å². The molecule has 1 fully saturated rings. The number of amides is 2. The van der Waals surface area contributed by atoms with Crippen molar-refractivity contribution < 1.29 is 14.3 Å². The Kier molecular flexibility index (Phi) is 6.32. The van der Waals surface area contributed by atoms with Crippen molar-refractivity contribution in [1.82, 2.24) is 4.90 Å². The van der Waals surface area contributed by atoms with Crippen LogP contribution >= 0.6 is 0 Å². The lowest BCUT2D eigenvalue weighted by molar-refractivity contribution is -0.121. The Bertz CT molecular complexity index is 1060.